The summed E-state index contributed by atoms with van der Waals surface area (Å²) in [5.74, 6) is -3.90. The van der Waals surface area contributed by atoms with Crippen LogP contribution < -0.4 is 12.4 Å². The molecule has 0 spiro atoms. The Hall–Kier alpha value is -0.0300. The number of halogens is 5. The molecule has 0 unspecified atom stereocenters. The highest BCUT2D eigenvalue weighted by molar-refractivity contribution is 4.70. The number of quaternary nitrogens is 1. The van der Waals surface area contributed by atoms with Gasteiger partial charge in [-0.1, -0.05) is 97.8 Å². The van der Waals surface area contributed by atoms with Crippen LogP contribution in [0.2, 0.25) is 0 Å². The number of nitrogens with zero attached hydrogens (tertiary/aromatic N) is 1. The van der Waals surface area contributed by atoms with Gasteiger partial charge in [-0.15, -0.1) is 0 Å². The van der Waals surface area contributed by atoms with E-state index < -0.39 is 18.9 Å². The molecule has 0 aromatic heterocycles. The molecule has 0 atom stereocenters. The topological polar surface area (TPSA) is 0 Å². The Morgan fingerprint density at radius 1 is 0.515 bits per heavy atom. The van der Waals surface area contributed by atoms with Crippen molar-refractivity contribution in [1.29, 1.82) is 0 Å². The molecule has 202 valence electrons. The summed E-state index contributed by atoms with van der Waals surface area (Å²) in [5.41, 5.74) is 0. The molecule has 0 radical (unpaired) electrons. The van der Waals surface area contributed by atoms with Gasteiger partial charge in [0.25, 0.3) is 0 Å². The molecule has 0 N–H and O–H groups in total. The molecular weight excluding hydrogens is 450 g/mol. The first-order chi connectivity index (χ1) is 15.3. The van der Waals surface area contributed by atoms with Crippen molar-refractivity contribution in [2.24, 2.45) is 0 Å². The van der Waals surface area contributed by atoms with E-state index in [1.807, 2.05) is 0 Å². The van der Waals surface area contributed by atoms with Crippen LogP contribution in [0.3, 0.4) is 0 Å². The highest BCUT2D eigenvalue weighted by atomic mass is 35.5. The van der Waals surface area contributed by atoms with Crippen LogP contribution in [0, 0.1) is 0 Å². The molecule has 0 saturated carbocycles. The Kier molecular flexibility index (Phi) is 23.9. The Bertz CT molecular complexity index is 367. The lowest BCUT2D eigenvalue weighted by molar-refractivity contribution is -0.936. The molecule has 0 aliphatic rings. The fraction of sp³-hybridized carbons (Fsp3) is 1.00. The van der Waals surface area contributed by atoms with E-state index in [0.717, 1.165) is 57.8 Å². The predicted octanol–water partition coefficient (Wildman–Crippen LogP) is 6.79. The van der Waals surface area contributed by atoms with Crippen molar-refractivity contribution in [2.75, 3.05) is 26.2 Å². The van der Waals surface area contributed by atoms with Crippen molar-refractivity contribution in [2.45, 2.75) is 149 Å². The zero-order valence-corrected chi connectivity index (χ0v) is 22.7. The van der Waals surface area contributed by atoms with Gasteiger partial charge in [0, 0.05) is 0 Å². The molecule has 0 bridgehead atoms. The molecule has 0 aromatic rings. The molecule has 0 rings (SSSR count). The van der Waals surface area contributed by atoms with Crippen molar-refractivity contribution in [1.82, 2.24) is 0 Å². The smallest absolute Gasteiger partial charge is 0.354 e. The van der Waals surface area contributed by atoms with E-state index in [4.69, 9.17) is 0 Å². The molecule has 1 nitrogen and oxygen atoms in total. The van der Waals surface area contributed by atoms with Gasteiger partial charge in [0.05, 0.1) is 19.6 Å². The van der Waals surface area contributed by atoms with E-state index >= 15 is 0 Å². The fourth-order valence-corrected chi connectivity index (χ4v) is 4.77. The third kappa shape index (κ3) is 18.9. The van der Waals surface area contributed by atoms with Crippen LogP contribution in [-0.2, 0) is 0 Å². The molecule has 0 aromatic carbocycles. The summed E-state index contributed by atoms with van der Waals surface area (Å²) in [4.78, 5) is 0. The van der Waals surface area contributed by atoms with Crippen molar-refractivity contribution < 1.29 is 34.5 Å². The summed E-state index contributed by atoms with van der Waals surface area (Å²) >= 11 is 0. The van der Waals surface area contributed by atoms with E-state index in [1.54, 1.807) is 0 Å². The first kappa shape index (κ1) is 35.1. The van der Waals surface area contributed by atoms with Crippen molar-refractivity contribution in [3.05, 3.63) is 0 Å². The molecule has 0 fully saturated rings. The molecule has 0 saturated heterocycles. The van der Waals surface area contributed by atoms with Gasteiger partial charge in [0.15, 0.2) is 0 Å². The minimum absolute atomic E-state index is 0. The maximum absolute atomic E-state index is 14.3. The summed E-state index contributed by atoms with van der Waals surface area (Å²) in [6, 6.07) is 0. The lowest BCUT2D eigenvalue weighted by Crippen LogP contribution is -3.00. The molecular formula is C27H54ClF4N. The molecule has 33 heavy (non-hydrogen) atoms. The second kappa shape index (κ2) is 22.4. The van der Waals surface area contributed by atoms with Gasteiger partial charge >= 0.3 is 12.3 Å². The fourth-order valence-electron chi connectivity index (χ4n) is 4.77. The van der Waals surface area contributed by atoms with E-state index in [1.165, 1.54) is 57.8 Å². The third-order valence-electron chi connectivity index (χ3n) is 6.82. The van der Waals surface area contributed by atoms with Crippen molar-refractivity contribution in [3.8, 4) is 0 Å². The quantitative estimate of drug-likeness (QED) is 0.0772. The summed E-state index contributed by atoms with van der Waals surface area (Å²) in [6.07, 6.45) is 16.1. The van der Waals surface area contributed by atoms with E-state index in [9.17, 15) is 17.6 Å². The second-order valence-corrected chi connectivity index (χ2v) is 10.0. The minimum atomic E-state index is -3.90. The minimum Gasteiger partial charge on any atom is -1.00 e. The number of unbranched alkanes of at least 4 members (excludes halogenated alkanes) is 15. The van der Waals surface area contributed by atoms with Crippen LogP contribution >= 0.6 is 0 Å². The molecule has 6 heteroatoms. The zero-order chi connectivity index (χ0) is 24.1. The SMILES string of the molecule is CCCCCCCC[N+](CCCCCCCC)(CCCCCCCC)CC(F)(F)C(F)F.[Cl-]. The maximum Gasteiger partial charge on any atom is 0.354 e. The van der Waals surface area contributed by atoms with Crippen LogP contribution in [0.1, 0.15) is 136 Å². The largest absolute Gasteiger partial charge is 1.00 e. The Morgan fingerprint density at radius 2 is 0.788 bits per heavy atom. The van der Waals surface area contributed by atoms with Gasteiger partial charge in [0.1, 0.15) is 6.54 Å². The summed E-state index contributed by atoms with van der Waals surface area (Å²) in [5, 5.41) is 0. The monoisotopic (exact) mass is 503 g/mol. The lowest BCUT2D eigenvalue weighted by Gasteiger charge is -2.41. The number of hydrogen-bond donors (Lipinski definition) is 0. The van der Waals surface area contributed by atoms with Crippen molar-refractivity contribution >= 4 is 0 Å². The lowest BCUT2D eigenvalue weighted by atomic mass is 10.1. The number of rotatable bonds is 24. The predicted molar refractivity (Wildman–Crippen MR) is 131 cm³/mol. The van der Waals surface area contributed by atoms with Crippen LogP contribution in [0.5, 0.6) is 0 Å². The first-order valence-electron chi connectivity index (χ1n) is 13.8. The standard InChI is InChI=1S/C27H54F4N.ClH/c1-4-7-10-13-16-19-22-32(25-27(30,31)26(28)29,23-20-17-14-11-8-5-2)24-21-18-15-12-9-6-3;/h26H,4-25H2,1-3H3;1H/q+1;/p-1. The summed E-state index contributed by atoms with van der Waals surface area (Å²) in [7, 11) is 0. The van der Waals surface area contributed by atoms with Crippen LogP contribution in [0.4, 0.5) is 17.6 Å². The Balaban J connectivity index is 0. The van der Waals surface area contributed by atoms with E-state index in [0.29, 0.717) is 19.6 Å². The average Bonchev–Trinajstić information content (AvgIpc) is 2.75. The van der Waals surface area contributed by atoms with Crippen LogP contribution in [0.15, 0.2) is 0 Å². The van der Waals surface area contributed by atoms with Gasteiger partial charge < -0.3 is 16.9 Å². The summed E-state index contributed by atoms with van der Waals surface area (Å²) in [6.45, 7) is 7.71. The van der Waals surface area contributed by atoms with Gasteiger partial charge in [-0.2, -0.15) is 8.78 Å². The van der Waals surface area contributed by atoms with Crippen molar-refractivity contribution in [3.63, 3.8) is 0 Å². The molecule has 0 heterocycles. The number of alkyl halides is 4. The van der Waals surface area contributed by atoms with Gasteiger partial charge in [-0.05, 0) is 38.5 Å². The first-order valence-corrected chi connectivity index (χ1v) is 13.8. The average molecular weight is 504 g/mol. The Morgan fingerprint density at radius 3 is 1.06 bits per heavy atom. The third-order valence-corrected chi connectivity index (χ3v) is 6.82. The molecule has 0 aliphatic heterocycles. The second-order valence-electron chi connectivity index (χ2n) is 10.0. The van der Waals surface area contributed by atoms with Gasteiger partial charge in [-0.25, -0.2) is 8.78 Å². The number of hydrogen-bond acceptors (Lipinski definition) is 0. The zero-order valence-electron chi connectivity index (χ0n) is 22.0. The summed E-state index contributed by atoms with van der Waals surface area (Å²) < 4.78 is 55.1. The van der Waals surface area contributed by atoms with Gasteiger partial charge in [-0.3, -0.25) is 0 Å². The van der Waals surface area contributed by atoms with Crippen LogP contribution in [-0.4, -0.2) is 43.0 Å². The molecule has 0 amide bonds. The van der Waals surface area contributed by atoms with Gasteiger partial charge in [0.2, 0.25) is 0 Å². The van der Waals surface area contributed by atoms with E-state index in [-0.39, 0.29) is 16.9 Å². The Labute approximate surface area is 209 Å². The van der Waals surface area contributed by atoms with E-state index in [2.05, 4.69) is 20.8 Å². The molecule has 0 aliphatic carbocycles. The van der Waals surface area contributed by atoms with Crippen LogP contribution in [0.25, 0.3) is 0 Å². The normalized spacial score (nSPS) is 12.4. The highest BCUT2D eigenvalue weighted by Gasteiger charge is 2.48. The highest BCUT2D eigenvalue weighted by Crippen LogP contribution is 2.29. The maximum atomic E-state index is 14.3.